The first-order valence-corrected chi connectivity index (χ1v) is 17.0. The summed E-state index contributed by atoms with van der Waals surface area (Å²) in [5.41, 5.74) is 2.68. The molecule has 3 aromatic heterocycles. The number of likely N-dealkylation sites (N-methyl/N-ethyl adjacent to an activating group) is 1. The van der Waals surface area contributed by atoms with E-state index in [4.69, 9.17) is 24.5 Å². The van der Waals surface area contributed by atoms with Crippen molar-refractivity contribution < 1.29 is 9.47 Å². The highest BCUT2D eigenvalue weighted by Crippen LogP contribution is 2.34. The molecule has 0 spiro atoms. The standard InChI is InChI=1S/C25H38N6O2SSi/c1-30(12-13-32-2)20-16-22-21(26-17-20)10-11-23(27-22)28-25-31(18-33-14-15-35(3,4)5)29-24(34-25)19-8-6-7-9-19/h10-11,16-17,19H,6-9,12-15,18H2,1-5H3. The van der Waals surface area contributed by atoms with Crippen molar-refractivity contribution in [2.24, 2.45) is 4.99 Å². The number of methoxy groups -OCH3 is 1. The van der Waals surface area contributed by atoms with Crippen molar-refractivity contribution in [2.45, 2.75) is 64.0 Å². The summed E-state index contributed by atoms with van der Waals surface area (Å²) in [5, 5.41) is 6.09. The number of aromatic nitrogens is 4. The molecule has 4 rings (SSSR count). The van der Waals surface area contributed by atoms with Crippen LogP contribution in [-0.4, -0.2) is 61.7 Å². The van der Waals surface area contributed by atoms with Crippen LogP contribution in [0.25, 0.3) is 11.0 Å². The van der Waals surface area contributed by atoms with Crippen LogP contribution in [-0.2, 0) is 16.2 Å². The van der Waals surface area contributed by atoms with E-state index in [0.717, 1.165) is 40.7 Å². The quantitative estimate of drug-likeness (QED) is 0.259. The van der Waals surface area contributed by atoms with Gasteiger partial charge in [0, 0.05) is 41.3 Å². The maximum absolute atomic E-state index is 6.03. The Morgan fingerprint density at radius 3 is 2.71 bits per heavy atom. The van der Waals surface area contributed by atoms with Gasteiger partial charge in [-0.15, -0.1) is 0 Å². The lowest BCUT2D eigenvalue weighted by atomic mass is 10.1. The highest BCUT2D eigenvalue weighted by molar-refractivity contribution is 7.08. The van der Waals surface area contributed by atoms with E-state index in [9.17, 15) is 0 Å². The maximum Gasteiger partial charge on any atom is 0.211 e. The van der Waals surface area contributed by atoms with E-state index in [-0.39, 0.29) is 0 Å². The summed E-state index contributed by atoms with van der Waals surface area (Å²) in [7, 11) is 2.61. The number of pyridine rings is 2. The Bertz CT molecular complexity index is 1180. The van der Waals surface area contributed by atoms with Crippen molar-refractivity contribution in [2.75, 3.05) is 38.8 Å². The summed E-state index contributed by atoms with van der Waals surface area (Å²) in [6, 6.07) is 7.10. The van der Waals surface area contributed by atoms with E-state index >= 15 is 0 Å². The van der Waals surface area contributed by atoms with Crippen molar-refractivity contribution in [3.05, 3.63) is 34.2 Å². The zero-order chi connectivity index (χ0) is 24.8. The van der Waals surface area contributed by atoms with Crippen molar-refractivity contribution in [1.82, 2.24) is 19.7 Å². The molecule has 0 aromatic carbocycles. The molecule has 0 aliphatic heterocycles. The van der Waals surface area contributed by atoms with Crippen LogP contribution in [0.1, 0.15) is 36.6 Å². The summed E-state index contributed by atoms with van der Waals surface area (Å²) in [5.74, 6) is 1.20. The third kappa shape index (κ3) is 7.19. The lowest BCUT2D eigenvalue weighted by Crippen LogP contribution is -2.24. The molecule has 10 heteroatoms. The van der Waals surface area contributed by atoms with Crippen LogP contribution < -0.4 is 9.70 Å². The van der Waals surface area contributed by atoms with Gasteiger partial charge >= 0.3 is 0 Å². The summed E-state index contributed by atoms with van der Waals surface area (Å²) in [6.45, 7) is 9.74. The van der Waals surface area contributed by atoms with Gasteiger partial charge in [0.2, 0.25) is 4.80 Å². The van der Waals surface area contributed by atoms with Crippen LogP contribution in [0.2, 0.25) is 25.7 Å². The van der Waals surface area contributed by atoms with Gasteiger partial charge in [-0.25, -0.2) is 9.67 Å². The first kappa shape index (κ1) is 25.9. The summed E-state index contributed by atoms with van der Waals surface area (Å²) < 4.78 is 13.1. The van der Waals surface area contributed by atoms with E-state index in [1.807, 2.05) is 30.1 Å². The molecule has 1 aliphatic carbocycles. The van der Waals surface area contributed by atoms with Crippen molar-refractivity contribution >= 4 is 41.9 Å². The molecular weight excluding hydrogens is 476 g/mol. The van der Waals surface area contributed by atoms with Gasteiger partial charge in [-0.1, -0.05) is 43.8 Å². The molecule has 35 heavy (non-hydrogen) atoms. The van der Waals surface area contributed by atoms with Crippen molar-refractivity contribution in [3.63, 3.8) is 0 Å². The minimum atomic E-state index is -1.13. The van der Waals surface area contributed by atoms with Gasteiger partial charge in [0.05, 0.1) is 29.5 Å². The molecule has 0 bridgehead atoms. The smallest absolute Gasteiger partial charge is 0.211 e. The maximum atomic E-state index is 6.03. The lowest BCUT2D eigenvalue weighted by Gasteiger charge is -2.18. The Labute approximate surface area is 213 Å². The van der Waals surface area contributed by atoms with Crippen LogP contribution in [0.5, 0.6) is 0 Å². The molecule has 8 nitrogen and oxygen atoms in total. The molecule has 3 heterocycles. The average Bonchev–Trinajstić information content (AvgIpc) is 3.49. The molecule has 0 radical (unpaired) electrons. The molecule has 0 N–H and O–H groups in total. The van der Waals surface area contributed by atoms with Crippen LogP contribution in [0.3, 0.4) is 0 Å². The lowest BCUT2D eigenvalue weighted by molar-refractivity contribution is 0.0757. The minimum absolute atomic E-state index is 0.427. The predicted molar refractivity (Wildman–Crippen MR) is 145 cm³/mol. The molecule has 0 unspecified atom stereocenters. The second kappa shape index (κ2) is 11.7. The van der Waals surface area contributed by atoms with E-state index in [2.05, 4.69) is 35.6 Å². The third-order valence-corrected chi connectivity index (χ3v) is 9.15. The second-order valence-electron chi connectivity index (χ2n) is 10.5. The Balaban J connectivity index is 1.61. The number of rotatable bonds is 11. The molecule has 0 saturated heterocycles. The Hall–Kier alpha value is -2.14. The van der Waals surface area contributed by atoms with Crippen LogP contribution >= 0.6 is 11.3 Å². The Morgan fingerprint density at radius 2 is 1.97 bits per heavy atom. The van der Waals surface area contributed by atoms with Crippen LogP contribution in [0.4, 0.5) is 11.5 Å². The fourth-order valence-electron chi connectivity index (χ4n) is 4.07. The fourth-order valence-corrected chi connectivity index (χ4v) is 5.90. The number of hydrogen-bond donors (Lipinski definition) is 0. The van der Waals surface area contributed by atoms with E-state index < -0.39 is 8.07 Å². The average molecular weight is 515 g/mol. The fraction of sp³-hybridized carbons (Fsp3) is 0.600. The van der Waals surface area contributed by atoms with E-state index in [0.29, 0.717) is 25.1 Å². The number of nitrogens with zero attached hydrogens (tertiary/aromatic N) is 6. The van der Waals surface area contributed by atoms with Gasteiger partial charge in [-0.2, -0.15) is 10.1 Å². The van der Waals surface area contributed by atoms with Gasteiger partial charge in [0.15, 0.2) is 5.82 Å². The van der Waals surface area contributed by atoms with Gasteiger partial charge in [-0.05, 0) is 37.1 Å². The molecule has 1 aliphatic rings. The molecule has 3 aromatic rings. The monoisotopic (exact) mass is 514 g/mol. The highest BCUT2D eigenvalue weighted by atomic mass is 32.1. The molecular formula is C25H38N6O2SSi. The largest absolute Gasteiger partial charge is 0.383 e. The van der Waals surface area contributed by atoms with E-state index in [1.54, 1.807) is 18.4 Å². The molecule has 1 saturated carbocycles. The summed E-state index contributed by atoms with van der Waals surface area (Å²) in [6.07, 6.45) is 6.86. The normalized spacial score (nSPS) is 15.4. The number of ether oxygens (including phenoxy) is 2. The molecule has 0 amide bonds. The van der Waals surface area contributed by atoms with Crippen molar-refractivity contribution in [3.8, 4) is 0 Å². The molecule has 1 fully saturated rings. The SMILES string of the molecule is COCCN(C)c1cnc2ccc(N=c3sc(C4CCCC4)nn3COCC[Si](C)(C)C)nc2c1. The predicted octanol–water partition coefficient (Wildman–Crippen LogP) is 5.17. The number of anilines is 1. The van der Waals surface area contributed by atoms with Crippen LogP contribution in [0, 0.1) is 0 Å². The first-order valence-electron chi connectivity index (χ1n) is 12.5. The third-order valence-electron chi connectivity index (χ3n) is 6.34. The second-order valence-corrected chi connectivity index (χ2v) is 17.1. The first-order chi connectivity index (χ1) is 16.8. The number of fused-ring (bicyclic) bond motifs is 1. The van der Waals surface area contributed by atoms with Crippen LogP contribution in [0.15, 0.2) is 29.4 Å². The van der Waals surface area contributed by atoms with Gasteiger partial charge < -0.3 is 14.4 Å². The Kier molecular flexibility index (Phi) is 8.69. The van der Waals surface area contributed by atoms with Gasteiger partial charge in [0.1, 0.15) is 11.7 Å². The van der Waals surface area contributed by atoms with E-state index in [1.165, 1.54) is 30.7 Å². The number of hydrogen-bond acceptors (Lipinski definition) is 8. The zero-order valence-corrected chi connectivity index (χ0v) is 23.5. The van der Waals surface area contributed by atoms with Gasteiger partial charge in [0.25, 0.3) is 0 Å². The summed E-state index contributed by atoms with van der Waals surface area (Å²) in [4.78, 5) is 17.3. The van der Waals surface area contributed by atoms with Crippen molar-refractivity contribution in [1.29, 1.82) is 0 Å². The summed E-state index contributed by atoms with van der Waals surface area (Å²) >= 11 is 1.67. The molecule has 190 valence electrons. The topological polar surface area (TPSA) is 77.7 Å². The zero-order valence-electron chi connectivity index (χ0n) is 21.7. The van der Waals surface area contributed by atoms with Gasteiger partial charge in [-0.3, -0.25) is 4.98 Å². The highest BCUT2D eigenvalue weighted by Gasteiger charge is 2.21. The minimum Gasteiger partial charge on any atom is -0.383 e. The molecule has 0 atom stereocenters. The Morgan fingerprint density at radius 1 is 1.17 bits per heavy atom.